The minimum Gasteiger partial charge on any atom is -0.372 e. The molecule has 0 N–H and O–H groups in total. The van der Waals surface area contributed by atoms with Gasteiger partial charge < -0.3 is 4.90 Å². The van der Waals surface area contributed by atoms with Crippen LogP contribution >= 0.6 is 0 Å². The fourth-order valence-corrected chi connectivity index (χ4v) is 3.21. The Balaban J connectivity index is 1.80. The second kappa shape index (κ2) is 7.70. The van der Waals surface area contributed by atoms with Gasteiger partial charge in [-0.05, 0) is 70.2 Å². The third-order valence-corrected chi connectivity index (χ3v) is 4.68. The van der Waals surface area contributed by atoms with Gasteiger partial charge in [-0.3, -0.25) is 14.5 Å². The second-order valence-electron chi connectivity index (χ2n) is 6.69. The lowest BCUT2D eigenvalue weighted by atomic mass is 10.1. The number of carbonyl (C=O) groups is 2. The summed E-state index contributed by atoms with van der Waals surface area (Å²) in [6, 6.07) is 12.7. The summed E-state index contributed by atoms with van der Waals surface area (Å²) in [5.74, 6) is -0.522. The number of imide groups is 1. The van der Waals surface area contributed by atoms with Crippen molar-refractivity contribution in [2.45, 2.75) is 33.7 Å². The zero-order chi connectivity index (χ0) is 19.6. The van der Waals surface area contributed by atoms with Crippen LogP contribution in [0.3, 0.4) is 0 Å². The minimum absolute atomic E-state index is 0.174. The van der Waals surface area contributed by atoms with Crippen molar-refractivity contribution in [3.63, 3.8) is 0 Å². The van der Waals surface area contributed by atoms with Gasteiger partial charge in [0.1, 0.15) is 0 Å². The van der Waals surface area contributed by atoms with E-state index in [2.05, 4.69) is 29.0 Å². The Morgan fingerprint density at radius 2 is 1.41 bits per heavy atom. The van der Waals surface area contributed by atoms with E-state index >= 15 is 0 Å². The highest BCUT2D eigenvalue weighted by atomic mass is 16.2. The maximum atomic E-state index is 12.5. The number of nitrogens with zero attached hydrogens (tertiary/aromatic N) is 4. The van der Waals surface area contributed by atoms with Gasteiger partial charge in [-0.25, -0.2) is 0 Å². The number of anilines is 1. The Morgan fingerprint density at radius 1 is 0.852 bits per heavy atom. The molecule has 2 aromatic rings. The van der Waals surface area contributed by atoms with E-state index in [-0.39, 0.29) is 17.9 Å². The summed E-state index contributed by atoms with van der Waals surface area (Å²) < 4.78 is 0. The van der Waals surface area contributed by atoms with Crippen LogP contribution in [-0.4, -0.2) is 35.8 Å². The summed E-state index contributed by atoms with van der Waals surface area (Å²) in [6.07, 6.45) is 0. The molecule has 3 rings (SSSR count). The summed E-state index contributed by atoms with van der Waals surface area (Å²) >= 11 is 0. The topological polar surface area (TPSA) is 65.3 Å². The smallest absolute Gasteiger partial charge is 0.261 e. The second-order valence-corrected chi connectivity index (χ2v) is 6.69. The van der Waals surface area contributed by atoms with Crippen LogP contribution in [0.1, 0.15) is 48.4 Å². The maximum absolute atomic E-state index is 12.5. The summed E-state index contributed by atoms with van der Waals surface area (Å²) in [5.41, 5.74) is 3.25. The molecule has 1 aliphatic heterocycles. The van der Waals surface area contributed by atoms with Crippen LogP contribution in [-0.2, 0) is 0 Å². The van der Waals surface area contributed by atoms with Gasteiger partial charge in [0, 0.05) is 24.8 Å². The first-order valence-corrected chi connectivity index (χ1v) is 9.25. The highest BCUT2D eigenvalue weighted by Crippen LogP contribution is 2.29. The van der Waals surface area contributed by atoms with Crippen LogP contribution < -0.4 is 4.90 Å². The third kappa shape index (κ3) is 3.60. The zero-order valence-electron chi connectivity index (χ0n) is 16.1. The minimum atomic E-state index is -0.273. The van der Waals surface area contributed by atoms with E-state index in [1.807, 2.05) is 38.1 Å². The normalized spacial score (nSPS) is 13.7. The molecule has 0 unspecified atom stereocenters. The molecule has 6 heteroatoms. The fraction of sp³-hybridized carbons (Fsp3) is 0.333. The molecule has 0 aliphatic carbocycles. The number of hydrogen-bond acceptors (Lipinski definition) is 5. The molecule has 0 aromatic heterocycles. The first-order valence-electron chi connectivity index (χ1n) is 9.25. The van der Waals surface area contributed by atoms with Crippen molar-refractivity contribution in [3.8, 4) is 0 Å². The van der Waals surface area contributed by atoms with Crippen molar-refractivity contribution in [1.82, 2.24) is 4.90 Å². The average Bonchev–Trinajstić information content (AvgIpc) is 2.92. The highest BCUT2D eigenvalue weighted by Gasteiger charge is 2.37. The van der Waals surface area contributed by atoms with Gasteiger partial charge in [-0.2, -0.15) is 10.2 Å². The molecule has 0 fully saturated rings. The Kier molecular flexibility index (Phi) is 5.35. The molecule has 6 nitrogen and oxygen atoms in total. The third-order valence-electron chi connectivity index (χ3n) is 4.68. The van der Waals surface area contributed by atoms with E-state index in [0.717, 1.165) is 24.5 Å². The number of carbonyl (C=O) groups excluding carboxylic acids is 2. The molecule has 0 saturated carbocycles. The van der Waals surface area contributed by atoms with E-state index in [1.165, 1.54) is 4.90 Å². The molecule has 27 heavy (non-hydrogen) atoms. The van der Waals surface area contributed by atoms with E-state index in [0.29, 0.717) is 16.8 Å². The van der Waals surface area contributed by atoms with Gasteiger partial charge in [0.25, 0.3) is 11.8 Å². The van der Waals surface area contributed by atoms with E-state index in [9.17, 15) is 9.59 Å². The van der Waals surface area contributed by atoms with Gasteiger partial charge in [0.15, 0.2) is 0 Å². The van der Waals surface area contributed by atoms with Crippen molar-refractivity contribution in [3.05, 3.63) is 53.6 Å². The quantitative estimate of drug-likeness (QED) is 0.538. The molecule has 1 heterocycles. The summed E-state index contributed by atoms with van der Waals surface area (Å²) in [4.78, 5) is 28.3. The fourth-order valence-electron chi connectivity index (χ4n) is 3.21. The predicted octanol–water partition coefficient (Wildman–Crippen LogP) is 4.95. The van der Waals surface area contributed by atoms with Crippen molar-refractivity contribution in [1.29, 1.82) is 0 Å². The predicted molar refractivity (Wildman–Crippen MR) is 106 cm³/mol. The van der Waals surface area contributed by atoms with Crippen molar-refractivity contribution < 1.29 is 9.59 Å². The van der Waals surface area contributed by atoms with E-state index < -0.39 is 0 Å². The van der Waals surface area contributed by atoms with Crippen LogP contribution in [0.4, 0.5) is 17.1 Å². The van der Waals surface area contributed by atoms with Gasteiger partial charge >= 0.3 is 0 Å². The number of azo groups is 1. The van der Waals surface area contributed by atoms with Crippen LogP contribution in [0.2, 0.25) is 0 Å². The van der Waals surface area contributed by atoms with Crippen molar-refractivity contribution in [2.24, 2.45) is 10.2 Å². The molecule has 0 saturated heterocycles. The average molecular weight is 364 g/mol. The number of hydrogen-bond donors (Lipinski definition) is 0. The molecule has 2 amide bonds. The molecule has 1 aliphatic rings. The Labute approximate surface area is 159 Å². The summed E-state index contributed by atoms with van der Waals surface area (Å²) in [6.45, 7) is 9.79. The van der Waals surface area contributed by atoms with Crippen LogP contribution in [0, 0.1) is 0 Å². The van der Waals surface area contributed by atoms with Gasteiger partial charge in [0.05, 0.1) is 22.5 Å². The van der Waals surface area contributed by atoms with Crippen LogP contribution in [0.5, 0.6) is 0 Å². The molecule has 0 atom stereocenters. The van der Waals surface area contributed by atoms with Gasteiger partial charge in [-0.1, -0.05) is 0 Å². The van der Waals surface area contributed by atoms with E-state index in [4.69, 9.17) is 0 Å². The van der Waals surface area contributed by atoms with E-state index in [1.54, 1.807) is 18.2 Å². The lowest BCUT2D eigenvalue weighted by Gasteiger charge is -2.20. The summed E-state index contributed by atoms with van der Waals surface area (Å²) in [5, 5.41) is 8.48. The molecule has 0 radical (unpaired) electrons. The lowest BCUT2D eigenvalue weighted by Crippen LogP contribution is -2.35. The number of amides is 2. The zero-order valence-corrected chi connectivity index (χ0v) is 16.1. The van der Waals surface area contributed by atoms with Crippen LogP contribution in [0.15, 0.2) is 52.7 Å². The Morgan fingerprint density at radius 3 is 2.00 bits per heavy atom. The lowest BCUT2D eigenvalue weighted by molar-refractivity contribution is 0.0609. The summed E-state index contributed by atoms with van der Waals surface area (Å²) in [7, 11) is 0. The molecule has 0 bridgehead atoms. The number of fused-ring (bicyclic) bond motifs is 1. The molecular formula is C21H24N4O2. The maximum Gasteiger partial charge on any atom is 0.261 e. The first-order chi connectivity index (χ1) is 13.0. The SMILES string of the molecule is CCN(CC)c1ccc(N=Nc2ccc3c(c2)C(=O)N(C(C)C)C3=O)cc1. The molecule has 2 aromatic carbocycles. The largest absolute Gasteiger partial charge is 0.372 e. The van der Waals surface area contributed by atoms with Crippen LogP contribution in [0.25, 0.3) is 0 Å². The van der Waals surface area contributed by atoms with Gasteiger partial charge in [-0.15, -0.1) is 0 Å². The number of benzene rings is 2. The first kappa shape index (κ1) is 18.8. The van der Waals surface area contributed by atoms with Crippen molar-refractivity contribution in [2.75, 3.05) is 18.0 Å². The molecule has 140 valence electrons. The number of rotatable bonds is 6. The Hall–Kier alpha value is -3.02. The van der Waals surface area contributed by atoms with Crippen molar-refractivity contribution >= 4 is 28.9 Å². The molecule has 0 spiro atoms. The van der Waals surface area contributed by atoms with Gasteiger partial charge in [0.2, 0.25) is 0 Å². The standard InChI is InChI=1S/C21H24N4O2/c1-5-24(6-2)17-10-7-15(8-11-17)22-23-16-9-12-18-19(13-16)21(27)25(14(3)4)20(18)26/h7-14H,5-6H2,1-4H3. The Bertz CT molecular complexity index is 884. The monoisotopic (exact) mass is 364 g/mol. The molecular weight excluding hydrogens is 340 g/mol. The highest BCUT2D eigenvalue weighted by molar-refractivity contribution is 6.21.